The molecule has 0 aliphatic heterocycles. The van der Waals surface area contributed by atoms with Crippen molar-refractivity contribution in [3.8, 4) is 0 Å². The molecule has 0 spiro atoms. The highest BCUT2D eigenvalue weighted by Crippen LogP contribution is 2.30. The minimum absolute atomic E-state index is 0.105. The first-order chi connectivity index (χ1) is 9.47. The van der Waals surface area contributed by atoms with Crippen molar-refractivity contribution in [3.05, 3.63) is 31.6 Å². The van der Waals surface area contributed by atoms with E-state index in [0.29, 0.717) is 12.5 Å². The van der Waals surface area contributed by atoms with Gasteiger partial charge in [0, 0.05) is 18.7 Å². The predicted molar refractivity (Wildman–Crippen MR) is 82.2 cm³/mol. The summed E-state index contributed by atoms with van der Waals surface area (Å²) in [5.74, 6) is -0.0990. The molecule has 2 rings (SSSR count). The van der Waals surface area contributed by atoms with Crippen molar-refractivity contribution < 1.29 is 14.4 Å². The van der Waals surface area contributed by atoms with Crippen LogP contribution in [0.1, 0.15) is 25.7 Å². The second-order valence-corrected chi connectivity index (χ2v) is 6.26. The third-order valence-corrected chi connectivity index (χ3v) is 4.46. The van der Waals surface area contributed by atoms with Gasteiger partial charge in [0.2, 0.25) is 0 Å². The van der Waals surface area contributed by atoms with Gasteiger partial charge in [-0.15, -0.1) is 0 Å². The van der Waals surface area contributed by atoms with Crippen molar-refractivity contribution in [3.63, 3.8) is 0 Å². The van der Waals surface area contributed by atoms with Crippen molar-refractivity contribution in [2.24, 2.45) is 5.92 Å². The van der Waals surface area contributed by atoms with E-state index in [0.717, 1.165) is 25.7 Å². The lowest BCUT2D eigenvalue weighted by Gasteiger charge is -2.25. The van der Waals surface area contributed by atoms with Crippen LogP contribution in [0.3, 0.4) is 0 Å². The first-order valence-corrected chi connectivity index (χ1v) is 7.60. The molecule has 110 valence electrons. The summed E-state index contributed by atoms with van der Waals surface area (Å²) in [4.78, 5) is 10.5. The number of nitrogens with one attached hydrogen (secondary N) is 1. The number of aliphatic hydroxyl groups excluding tert-OH is 1. The molecule has 1 fully saturated rings. The van der Waals surface area contributed by atoms with Crippen molar-refractivity contribution in [1.29, 1.82) is 0 Å². The Balaban J connectivity index is 2.05. The van der Waals surface area contributed by atoms with Gasteiger partial charge in [-0.3, -0.25) is 10.1 Å². The van der Waals surface area contributed by atoms with Crippen LogP contribution in [0.25, 0.3) is 0 Å². The molecule has 2 N–H and O–H groups in total. The van der Waals surface area contributed by atoms with E-state index in [-0.39, 0.29) is 21.0 Å². The first kappa shape index (κ1) is 15.4. The lowest BCUT2D eigenvalue weighted by atomic mass is 9.87. The third-order valence-electron chi connectivity index (χ3n) is 3.63. The maximum Gasteiger partial charge on any atom is 0.293 e. The zero-order chi connectivity index (χ0) is 14.7. The van der Waals surface area contributed by atoms with Crippen LogP contribution in [-0.4, -0.2) is 22.7 Å². The summed E-state index contributed by atoms with van der Waals surface area (Å²) in [6.45, 7) is 0.563. The standard InChI is InChI=1S/C13H16FIN2O3/c14-10-5-12(13(17(19)20)6-11(10)15)16-7-8-1-3-9(18)4-2-8/h5-6,8-9,16,18H,1-4,7H2. The van der Waals surface area contributed by atoms with E-state index in [1.807, 2.05) is 0 Å². The van der Waals surface area contributed by atoms with Gasteiger partial charge in [0.05, 0.1) is 14.6 Å². The molecule has 1 aliphatic carbocycles. The summed E-state index contributed by atoms with van der Waals surface area (Å²) in [5, 5.41) is 23.4. The van der Waals surface area contributed by atoms with Gasteiger partial charge in [-0.05, 0) is 54.2 Å². The van der Waals surface area contributed by atoms with Gasteiger partial charge in [0.1, 0.15) is 11.5 Å². The molecule has 1 saturated carbocycles. The molecular weight excluding hydrogens is 378 g/mol. The Kier molecular flexibility index (Phi) is 5.14. The summed E-state index contributed by atoms with van der Waals surface area (Å²) in [6.07, 6.45) is 3.06. The fraction of sp³-hybridized carbons (Fsp3) is 0.538. The number of hydrogen-bond acceptors (Lipinski definition) is 4. The molecule has 1 aromatic rings. The number of nitro groups is 1. The maximum absolute atomic E-state index is 13.5. The molecule has 5 nitrogen and oxygen atoms in total. The van der Waals surface area contributed by atoms with Gasteiger partial charge >= 0.3 is 0 Å². The molecule has 0 unspecified atom stereocenters. The molecule has 0 bridgehead atoms. The van der Waals surface area contributed by atoms with E-state index in [4.69, 9.17) is 0 Å². The Morgan fingerprint density at radius 2 is 2.05 bits per heavy atom. The first-order valence-electron chi connectivity index (χ1n) is 6.52. The molecule has 0 atom stereocenters. The lowest BCUT2D eigenvalue weighted by Crippen LogP contribution is -2.23. The Hall–Kier alpha value is -0.960. The van der Waals surface area contributed by atoms with Gasteiger partial charge in [0.25, 0.3) is 5.69 Å². The summed E-state index contributed by atoms with van der Waals surface area (Å²) in [5.41, 5.74) is 0.116. The SMILES string of the molecule is O=[N+]([O-])c1cc(I)c(F)cc1NCC1CCC(O)CC1. The summed E-state index contributed by atoms with van der Waals surface area (Å²) in [6, 6.07) is 2.42. The highest BCUT2D eigenvalue weighted by Gasteiger charge is 2.21. The van der Waals surface area contributed by atoms with Crippen molar-refractivity contribution in [1.82, 2.24) is 0 Å². The topological polar surface area (TPSA) is 75.4 Å². The monoisotopic (exact) mass is 394 g/mol. The Labute approximate surface area is 129 Å². The molecule has 0 saturated heterocycles. The number of hydrogen-bond donors (Lipinski definition) is 2. The molecule has 0 aromatic heterocycles. The number of nitro benzene ring substituents is 1. The highest BCUT2D eigenvalue weighted by atomic mass is 127. The second-order valence-electron chi connectivity index (χ2n) is 5.10. The minimum atomic E-state index is -0.505. The van der Waals surface area contributed by atoms with Crippen molar-refractivity contribution in [2.75, 3.05) is 11.9 Å². The average molecular weight is 394 g/mol. The number of benzene rings is 1. The second kappa shape index (κ2) is 6.66. The van der Waals surface area contributed by atoms with Gasteiger partial charge in [-0.2, -0.15) is 0 Å². The van der Waals surface area contributed by atoms with Crippen LogP contribution in [0, 0.1) is 25.4 Å². The largest absolute Gasteiger partial charge is 0.393 e. The average Bonchev–Trinajstić information content (AvgIpc) is 2.41. The van der Waals surface area contributed by atoms with Crippen molar-refractivity contribution >= 4 is 34.0 Å². The Morgan fingerprint density at radius 3 is 2.65 bits per heavy atom. The van der Waals surface area contributed by atoms with Gasteiger partial charge in [0.15, 0.2) is 0 Å². The van der Waals surface area contributed by atoms with E-state index in [9.17, 15) is 19.6 Å². The van der Waals surface area contributed by atoms with Gasteiger partial charge in [-0.1, -0.05) is 0 Å². The van der Waals surface area contributed by atoms with Crippen molar-refractivity contribution in [2.45, 2.75) is 31.8 Å². The number of anilines is 1. The van der Waals surface area contributed by atoms with Crippen LogP contribution in [0.5, 0.6) is 0 Å². The molecule has 1 aromatic carbocycles. The quantitative estimate of drug-likeness (QED) is 0.467. The van der Waals surface area contributed by atoms with Gasteiger partial charge in [-0.25, -0.2) is 4.39 Å². The molecule has 0 heterocycles. The fourth-order valence-electron chi connectivity index (χ4n) is 2.43. The van der Waals surface area contributed by atoms with Crippen LogP contribution >= 0.6 is 22.6 Å². The Morgan fingerprint density at radius 1 is 1.40 bits per heavy atom. The van der Waals surface area contributed by atoms with Crippen LogP contribution < -0.4 is 5.32 Å². The zero-order valence-electron chi connectivity index (χ0n) is 10.8. The predicted octanol–water partition coefficient (Wildman–Crippen LogP) is 3.30. The molecular formula is C13H16FIN2O3. The van der Waals surface area contributed by atoms with E-state index in [2.05, 4.69) is 5.32 Å². The Bertz CT molecular complexity index is 505. The normalized spacial score (nSPS) is 22.6. The summed E-state index contributed by atoms with van der Waals surface area (Å²) in [7, 11) is 0. The highest BCUT2D eigenvalue weighted by molar-refractivity contribution is 14.1. The molecule has 0 amide bonds. The number of nitrogens with zero attached hydrogens (tertiary/aromatic N) is 1. The van der Waals surface area contributed by atoms with E-state index >= 15 is 0 Å². The van der Waals surface area contributed by atoms with E-state index in [1.165, 1.54) is 12.1 Å². The van der Waals surface area contributed by atoms with Crippen LogP contribution in [-0.2, 0) is 0 Å². The molecule has 0 radical (unpaired) electrons. The summed E-state index contributed by atoms with van der Waals surface area (Å²) < 4.78 is 13.8. The number of rotatable bonds is 4. The third kappa shape index (κ3) is 3.78. The lowest BCUT2D eigenvalue weighted by molar-refractivity contribution is -0.384. The zero-order valence-corrected chi connectivity index (χ0v) is 13.0. The van der Waals surface area contributed by atoms with Crippen LogP contribution in [0.15, 0.2) is 12.1 Å². The minimum Gasteiger partial charge on any atom is -0.393 e. The summed E-state index contributed by atoms with van der Waals surface area (Å²) >= 11 is 1.74. The molecule has 20 heavy (non-hydrogen) atoms. The number of aliphatic hydroxyl groups is 1. The van der Waals surface area contributed by atoms with E-state index in [1.54, 1.807) is 22.6 Å². The fourth-order valence-corrected chi connectivity index (χ4v) is 2.88. The van der Waals surface area contributed by atoms with Crippen LogP contribution in [0.2, 0.25) is 0 Å². The van der Waals surface area contributed by atoms with Crippen LogP contribution in [0.4, 0.5) is 15.8 Å². The molecule has 7 heteroatoms. The van der Waals surface area contributed by atoms with E-state index < -0.39 is 10.7 Å². The number of halogens is 2. The smallest absolute Gasteiger partial charge is 0.293 e. The maximum atomic E-state index is 13.5. The van der Waals surface area contributed by atoms with Gasteiger partial charge < -0.3 is 10.4 Å². The molecule has 1 aliphatic rings.